The first kappa shape index (κ1) is 59.4. The summed E-state index contributed by atoms with van der Waals surface area (Å²) >= 11 is 0. The quantitative estimate of drug-likeness (QED) is 0.0344. The van der Waals surface area contributed by atoms with Gasteiger partial charge in [-0.3, -0.25) is 14.4 Å². The first-order valence-electron chi connectivity index (χ1n) is 27.3. The van der Waals surface area contributed by atoms with Gasteiger partial charge in [-0.15, -0.1) is 0 Å². The van der Waals surface area contributed by atoms with E-state index in [1.165, 1.54) is 193 Å². The molecule has 0 heterocycles. The Morgan fingerprint density at radius 1 is 0.344 bits per heavy atom. The van der Waals surface area contributed by atoms with Crippen LogP contribution in [0.3, 0.4) is 0 Å². The molecule has 0 aromatic carbocycles. The number of rotatable bonds is 49. The number of hydrogen-bond donors (Lipinski definition) is 0. The SMILES string of the molecule is CCCCCCCCCCCCCCCCCCCC(=O)OC[C@H](COC(=O)CCCCCCCCCCCCCCCC(C)C)OC(=O)CCCCCCCCC(C)CC. The number of carbonyl (C=O) groups is 3. The van der Waals surface area contributed by atoms with E-state index in [1.54, 1.807) is 0 Å². The molecule has 1 unspecified atom stereocenters. The van der Waals surface area contributed by atoms with E-state index in [1.807, 2.05) is 0 Å². The van der Waals surface area contributed by atoms with Crippen molar-refractivity contribution >= 4 is 17.9 Å². The maximum absolute atomic E-state index is 12.8. The van der Waals surface area contributed by atoms with Crippen molar-refractivity contribution in [1.82, 2.24) is 0 Å². The molecule has 0 spiro atoms. The fourth-order valence-corrected chi connectivity index (χ4v) is 8.31. The Morgan fingerprint density at radius 2 is 0.623 bits per heavy atom. The highest BCUT2D eigenvalue weighted by Gasteiger charge is 2.19. The van der Waals surface area contributed by atoms with E-state index in [-0.39, 0.29) is 31.1 Å². The second-order valence-corrected chi connectivity index (χ2v) is 19.6. The van der Waals surface area contributed by atoms with Crippen LogP contribution >= 0.6 is 0 Å². The van der Waals surface area contributed by atoms with Gasteiger partial charge >= 0.3 is 17.9 Å². The lowest BCUT2D eigenvalue weighted by atomic mass is 10.00. The van der Waals surface area contributed by atoms with Gasteiger partial charge in [0.15, 0.2) is 6.10 Å². The monoisotopic (exact) mass is 863 g/mol. The topological polar surface area (TPSA) is 78.9 Å². The van der Waals surface area contributed by atoms with Crippen LogP contribution in [0, 0.1) is 11.8 Å². The molecule has 0 amide bonds. The molecule has 0 saturated carbocycles. The summed E-state index contributed by atoms with van der Waals surface area (Å²) < 4.78 is 16.8. The van der Waals surface area contributed by atoms with Crippen LogP contribution in [0.25, 0.3) is 0 Å². The normalized spacial score (nSPS) is 12.5. The van der Waals surface area contributed by atoms with E-state index < -0.39 is 6.10 Å². The molecular formula is C55H106O6. The number of esters is 3. The largest absolute Gasteiger partial charge is 0.462 e. The van der Waals surface area contributed by atoms with Crippen molar-refractivity contribution in [2.24, 2.45) is 11.8 Å². The van der Waals surface area contributed by atoms with Gasteiger partial charge in [-0.2, -0.15) is 0 Å². The minimum absolute atomic E-state index is 0.0642. The number of unbranched alkanes of at least 4 members (excludes halogenated alkanes) is 33. The van der Waals surface area contributed by atoms with Gasteiger partial charge in [0.2, 0.25) is 0 Å². The Balaban J connectivity index is 4.25. The Morgan fingerprint density at radius 3 is 0.934 bits per heavy atom. The van der Waals surface area contributed by atoms with Gasteiger partial charge in [0.1, 0.15) is 13.2 Å². The summed E-state index contributed by atoms with van der Waals surface area (Å²) in [6, 6.07) is 0. The molecule has 0 radical (unpaired) electrons. The van der Waals surface area contributed by atoms with Crippen molar-refractivity contribution in [3.63, 3.8) is 0 Å². The summed E-state index contributed by atoms with van der Waals surface area (Å²) in [4.78, 5) is 38.0. The third-order valence-corrected chi connectivity index (χ3v) is 12.8. The average Bonchev–Trinajstić information content (AvgIpc) is 3.24. The molecule has 6 heteroatoms. The molecule has 0 aliphatic rings. The molecule has 0 aromatic heterocycles. The van der Waals surface area contributed by atoms with Gasteiger partial charge in [-0.25, -0.2) is 0 Å². The summed E-state index contributed by atoms with van der Waals surface area (Å²) in [5, 5.41) is 0. The van der Waals surface area contributed by atoms with Crippen LogP contribution in [0.15, 0.2) is 0 Å². The lowest BCUT2D eigenvalue weighted by Crippen LogP contribution is -2.30. The Labute approximate surface area is 380 Å². The molecule has 0 saturated heterocycles. The maximum Gasteiger partial charge on any atom is 0.306 e. The minimum Gasteiger partial charge on any atom is -0.462 e. The van der Waals surface area contributed by atoms with Crippen molar-refractivity contribution in [2.75, 3.05) is 13.2 Å². The third-order valence-electron chi connectivity index (χ3n) is 12.8. The molecule has 0 N–H and O–H groups in total. The fraction of sp³-hybridized carbons (Fsp3) is 0.945. The number of carbonyl (C=O) groups excluding carboxylic acids is 3. The van der Waals surface area contributed by atoms with Crippen LogP contribution < -0.4 is 0 Å². The van der Waals surface area contributed by atoms with E-state index in [2.05, 4.69) is 34.6 Å². The molecule has 61 heavy (non-hydrogen) atoms. The predicted octanol–water partition coefficient (Wildman–Crippen LogP) is 17.7. The smallest absolute Gasteiger partial charge is 0.306 e. The van der Waals surface area contributed by atoms with E-state index in [9.17, 15) is 14.4 Å². The second-order valence-electron chi connectivity index (χ2n) is 19.6. The third kappa shape index (κ3) is 47.7. The summed E-state index contributed by atoms with van der Waals surface area (Å²) in [7, 11) is 0. The number of ether oxygens (including phenoxy) is 3. The summed E-state index contributed by atoms with van der Waals surface area (Å²) in [5.74, 6) is 0.801. The molecule has 0 rings (SSSR count). The van der Waals surface area contributed by atoms with Crippen LogP contribution in [0.4, 0.5) is 0 Å². The van der Waals surface area contributed by atoms with Crippen LogP contribution in [-0.4, -0.2) is 37.2 Å². The Hall–Kier alpha value is -1.59. The van der Waals surface area contributed by atoms with Crippen LogP contribution in [0.5, 0.6) is 0 Å². The summed E-state index contributed by atoms with van der Waals surface area (Å²) in [6.45, 7) is 11.4. The highest BCUT2D eigenvalue weighted by molar-refractivity contribution is 5.71. The van der Waals surface area contributed by atoms with Crippen molar-refractivity contribution in [3.05, 3.63) is 0 Å². The minimum atomic E-state index is -0.763. The molecule has 6 nitrogen and oxygen atoms in total. The second kappa shape index (κ2) is 47.9. The predicted molar refractivity (Wildman–Crippen MR) is 261 cm³/mol. The van der Waals surface area contributed by atoms with Gasteiger partial charge < -0.3 is 14.2 Å². The highest BCUT2D eigenvalue weighted by atomic mass is 16.6. The van der Waals surface area contributed by atoms with Crippen LogP contribution in [0.2, 0.25) is 0 Å². The van der Waals surface area contributed by atoms with Crippen molar-refractivity contribution in [2.45, 2.75) is 310 Å². The fourth-order valence-electron chi connectivity index (χ4n) is 8.31. The highest BCUT2D eigenvalue weighted by Crippen LogP contribution is 2.18. The van der Waals surface area contributed by atoms with Gasteiger partial charge in [0.05, 0.1) is 0 Å². The lowest BCUT2D eigenvalue weighted by molar-refractivity contribution is -0.167. The lowest BCUT2D eigenvalue weighted by Gasteiger charge is -2.18. The Kier molecular flexibility index (Phi) is 46.6. The first-order chi connectivity index (χ1) is 29.8. The molecule has 362 valence electrons. The van der Waals surface area contributed by atoms with Gasteiger partial charge in [-0.1, -0.05) is 266 Å². The average molecular weight is 863 g/mol. The van der Waals surface area contributed by atoms with Crippen molar-refractivity contribution in [3.8, 4) is 0 Å². The molecular weight excluding hydrogens is 757 g/mol. The van der Waals surface area contributed by atoms with E-state index in [4.69, 9.17) is 14.2 Å². The zero-order chi connectivity index (χ0) is 44.7. The Bertz CT molecular complexity index is 933. The van der Waals surface area contributed by atoms with Gasteiger partial charge in [0.25, 0.3) is 0 Å². The standard InChI is InChI=1S/C55H106O6/c1-6-8-9-10-11-12-13-14-15-16-17-20-23-26-29-35-40-45-53(56)59-48-52(61-55(58)47-42-37-32-31-34-39-44-51(5)7-2)49-60-54(57)46-41-36-30-27-24-21-18-19-22-25-28-33-38-43-50(3)4/h50-52H,6-49H2,1-5H3/t51?,52-/m1/s1. The molecule has 2 atom stereocenters. The van der Waals surface area contributed by atoms with Crippen LogP contribution in [0.1, 0.15) is 304 Å². The molecule has 0 bridgehead atoms. The van der Waals surface area contributed by atoms with E-state index in [0.29, 0.717) is 19.3 Å². The summed E-state index contributed by atoms with van der Waals surface area (Å²) in [6.07, 6.45) is 49.5. The molecule has 0 aliphatic heterocycles. The van der Waals surface area contributed by atoms with Crippen molar-refractivity contribution in [1.29, 1.82) is 0 Å². The van der Waals surface area contributed by atoms with Crippen LogP contribution in [-0.2, 0) is 28.6 Å². The first-order valence-corrected chi connectivity index (χ1v) is 27.3. The van der Waals surface area contributed by atoms with Gasteiger partial charge in [0, 0.05) is 19.3 Å². The maximum atomic E-state index is 12.8. The molecule has 0 aromatic rings. The molecule has 0 fully saturated rings. The zero-order valence-electron chi connectivity index (χ0n) is 41.8. The zero-order valence-corrected chi connectivity index (χ0v) is 41.8. The van der Waals surface area contributed by atoms with E-state index in [0.717, 1.165) is 69.6 Å². The van der Waals surface area contributed by atoms with E-state index >= 15 is 0 Å². The summed E-state index contributed by atoms with van der Waals surface area (Å²) in [5.41, 5.74) is 0. The van der Waals surface area contributed by atoms with Crippen molar-refractivity contribution < 1.29 is 28.6 Å². The van der Waals surface area contributed by atoms with Gasteiger partial charge in [-0.05, 0) is 31.1 Å². The molecule has 0 aliphatic carbocycles. The number of hydrogen-bond acceptors (Lipinski definition) is 6.